The summed E-state index contributed by atoms with van der Waals surface area (Å²) >= 11 is 0. The number of carbonyl (C=O) groups excluding carboxylic acids is 1. The van der Waals surface area contributed by atoms with Crippen molar-refractivity contribution in [3.8, 4) is 5.75 Å². The van der Waals surface area contributed by atoms with Gasteiger partial charge >= 0.3 is 0 Å². The molecule has 0 aromatic heterocycles. The van der Waals surface area contributed by atoms with E-state index in [-0.39, 0.29) is 16.6 Å². The Kier molecular flexibility index (Phi) is 6.22. The standard InChI is InChI=1S/C20H27NO10S/c1-10-17(23)21-18(10)28-13(9-27-32(24,25)12-7-5-11(22)6-8-12)14-15(26-4)16-19(29-14)31-20(2,3)30-16/h5-8,10,13-16,18-19,22H,9H2,1-4H3,(H,21,23)/t10-,13-,14-,15+,16-,18-,19-/m1/s1. The Labute approximate surface area is 186 Å². The topological polar surface area (TPSA) is 139 Å². The highest BCUT2D eigenvalue weighted by atomic mass is 32.2. The predicted octanol–water partition coefficient (Wildman–Crippen LogP) is 0.466. The molecule has 0 spiro atoms. The van der Waals surface area contributed by atoms with Gasteiger partial charge in [-0.2, -0.15) is 8.42 Å². The van der Waals surface area contributed by atoms with Gasteiger partial charge in [-0.15, -0.1) is 0 Å². The van der Waals surface area contributed by atoms with E-state index in [4.69, 9.17) is 27.9 Å². The number of fused-ring (bicyclic) bond motifs is 1. The van der Waals surface area contributed by atoms with Gasteiger partial charge in [0.15, 0.2) is 12.1 Å². The zero-order chi connectivity index (χ0) is 23.3. The van der Waals surface area contributed by atoms with Crippen LogP contribution in [0.4, 0.5) is 0 Å². The Hall–Kier alpha value is -1.80. The van der Waals surface area contributed by atoms with E-state index in [1.165, 1.54) is 31.4 Å². The molecule has 0 unspecified atom stereocenters. The summed E-state index contributed by atoms with van der Waals surface area (Å²) < 4.78 is 59.7. The molecule has 0 radical (unpaired) electrons. The Morgan fingerprint density at radius 3 is 2.50 bits per heavy atom. The van der Waals surface area contributed by atoms with Crippen LogP contribution in [0.25, 0.3) is 0 Å². The molecular weight excluding hydrogens is 446 g/mol. The number of β-lactam (4-membered cyclic amide) rings is 1. The van der Waals surface area contributed by atoms with Crippen LogP contribution in [0, 0.1) is 5.92 Å². The van der Waals surface area contributed by atoms with Gasteiger partial charge in [-0.1, -0.05) is 0 Å². The van der Waals surface area contributed by atoms with Crippen molar-refractivity contribution in [2.24, 2.45) is 5.92 Å². The van der Waals surface area contributed by atoms with Crippen LogP contribution in [0.3, 0.4) is 0 Å². The van der Waals surface area contributed by atoms with Crippen molar-refractivity contribution >= 4 is 16.0 Å². The summed E-state index contributed by atoms with van der Waals surface area (Å²) in [5.41, 5.74) is 0. The van der Waals surface area contributed by atoms with Crippen LogP contribution in [-0.2, 0) is 42.8 Å². The maximum Gasteiger partial charge on any atom is 0.297 e. The Balaban J connectivity index is 1.51. The number of phenolic OH excluding ortho intramolecular Hbond substituents is 1. The van der Waals surface area contributed by atoms with E-state index in [2.05, 4.69) is 5.32 Å². The highest BCUT2D eigenvalue weighted by Gasteiger charge is 2.58. The summed E-state index contributed by atoms with van der Waals surface area (Å²) in [5.74, 6) is -1.52. The van der Waals surface area contributed by atoms with Gasteiger partial charge in [0.05, 0.1) is 17.4 Å². The number of ether oxygens (including phenoxy) is 5. The van der Waals surface area contributed by atoms with Gasteiger partial charge in [0.1, 0.15) is 36.4 Å². The second-order valence-electron chi connectivity index (χ2n) is 8.39. The zero-order valence-electron chi connectivity index (χ0n) is 18.1. The molecule has 12 heteroatoms. The molecule has 7 atom stereocenters. The highest BCUT2D eigenvalue weighted by Crippen LogP contribution is 2.40. The summed E-state index contributed by atoms with van der Waals surface area (Å²) in [7, 11) is -2.67. The second-order valence-corrected chi connectivity index (χ2v) is 10.0. The minimum atomic E-state index is -4.15. The van der Waals surface area contributed by atoms with Crippen molar-refractivity contribution in [2.45, 2.75) is 68.4 Å². The number of rotatable bonds is 8. The first-order valence-electron chi connectivity index (χ1n) is 10.2. The molecule has 0 aliphatic carbocycles. The fraction of sp³-hybridized carbons (Fsp3) is 0.650. The number of phenols is 1. The number of hydrogen-bond donors (Lipinski definition) is 2. The molecule has 3 aliphatic heterocycles. The summed E-state index contributed by atoms with van der Waals surface area (Å²) in [6.07, 6.45) is -4.25. The monoisotopic (exact) mass is 473 g/mol. The number of nitrogens with one attached hydrogen (secondary N) is 1. The number of aromatic hydroxyl groups is 1. The van der Waals surface area contributed by atoms with Crippen LogP contribution >= 0.6 is 0 Å². The lowest BCUT2D eigenvalue weighted by Gasteiger charge is -2.39. The van der Waals surface area contributed by atoms with Gasteiger partial charge in [-0.3, -0.25) is 8.98 Å². The molecule has 4 rings (SSSR count). The average Bonchev–Trinajstić information content (AvgIpc) is 3.21. The third-order valence-corrected chi connectivity index (χ3v) is 6.95. The van der Waals surface area contributed by atoms with Crippen LogP contribution in [-0.4, -0.2) is 75.9 Å². The molecule has 3 fully saturated rings. The van der Waals surface area contributed by atoms with Crippen molar-refractivity contribution in [2.75, 3.05) is 13.7 Å². The van der Waals surface area contributed by atoms with Gasteiger partial charge < -0.3 is 34.1 Å². The van der Waals surface area contributed by atoms with Crippen LogP contribution in [0.15, 0.2) is 29.2 Å². The lowest BCUT2D eigenvalue weighted by atomic mass is 10.0. The van der Waals surface area contributed by atoms with E-state index in [1.54, 1.807) is 20.8 Å². The molecule has 178 valence electrons. The molecule has 3 aliphatic rings. The fourth-order valence-electron chi connectivity index (χ4n) is 3.90. The number of amides is 1. The molecule has 1 amide bonds. The van der Waals surface area contributed by atoms with E-state index in [9.17, 15) is 18.3 Å². The lowest BCUT2D eigenvalue weighted by Crippen LogP contribution is -2.61. The number of hydrogen-bond acceptors (Lipinski definition) is 10. The first kappa shape index (κ1) is 23.4. The fourth-order valence-corrected chi connectivity index (χ4v) is 4.82. The SMILES string of the molecule is CO[C@@H]1[C@H]2OC(C)(C)O[C@H]2O[C@@H]1[C@@H](COS(=O)(=O)c1ccc(O)cc1)O[C@H]1NC(=O)[C@H]1C. The smallest absolute Gasteiger partial charge is 0.297 e. The van der Waals surface area contributed by atoms with Crippen LogP contribution in [0.1, 0.15) is 20.8 Å². The maximum atomic E-state index is 12.6. The number of carbonyl (C=O) groups is 1. The molecule has 32 heavy (non-hydrogen) atoms. The second kappa shape index (κ2) is 8.52. The van der Waals surface area contributed by atoms with Crippen LogP contribution in [0.2, 0.25) is 0 Å². The predicted molar refractivity (Wildman–Crippen MR) is 107 cm³/mol. The Morgan fingerprint density at radius 1 is 1.22 bits per heavy atom. The largest absolute Gasteiger partial charge is 0.508 e. The summed E-state index contributed by atoms with van der Waals surface area (Å²) in [5, 5.41) is 12.0. The Morgan fingerprint density at radius 2 is 1.91 bits per heavy atom. The lowest BCUT2D eigenvalue weighted by molar-refractivity contribution is -0.241. The summed E-state index contributed by atoms with van der Waals surface area (Å²) in [6, 6.07) is 4.95. The van der Waals surface area contributed by atoms with Gasteiger partial charge in [0, 0.05) is 7.11 Å². The quantitative estimate of drug-likeness (QED) is 0.404. The summed E-state index contributed by atoms with van der Waals surface area (Å²) in [6.45, 7) is 4.80. The third-order valence-electron chi connectivity index (χ3n) is 5.65. The van der Waals surface area contributed by atoms with Gasteiger partial charge in [-0.05, 0) is 45.0 Å². The first-order valence-corrected chi connectivity index (χ1v) is 11.6. The van der Waals surface area contributed by atoms with Crippen molar-refractivity contribution in [1.82, 2.24) is 5.32 Å². The maximum absolute atomic E-state index is 12.6. The summed E-state index contributed by atoms with van der Waals surface area (Å²) in [4.78, 5) is 11.5. The molecule has 3 heterocycles. The Bertz CT molecular complexity index is 950. The van der Waals surface area contributed by atoms with Gasteiger partial charge in [0.25, 0.3) is 10.1 Å². The minimum absolute atomic E-state index is 0.0726. The van der Waals surface area contributed by atoms with Crippen molar-refractivity contribution in [1.29, 1.82) is 0 Å². The molecule has 3 saturated heterocycles. The molecule has 0 saturated carbocycles. The number of benzene rings is 1. The molecule has 11 nitrogen and oxygen atoms in total. The number of methoxy groups -OCH3 is 1. The molecule has 2 N–H and O–H groups in total. The van der Waals surface area contributed by atoms with Crippen LogP contribution in [0.5, 0.6) is 5.75 Å². The first-order chi connectivity index (χ1) is 15.0. The van der Waals surface area contributed by atoms with E-state index in [0.717, 1.165) is 0 Å². The van der Waals surface area contributed by atoms with Crippen LogP contribution < -0.4 is 5.32 Å². The minimum Gasteiger partial charge on any atom is -0.508 e. The zero-order valence-corrected chi connectivity index (χ0v) is 18.9. The van der Waals surface area contributed by atoms with E-state index < -0.39 is 65.4 Å². The molecular formula is C20H27NO10S. The van der Waals surface area contributed by atoms with Crippen molar-refractivity contribution in [3.63, 3.8) is 0 Å². The van der Waals surface area contributed by atoms with Crippen molar-refractivity contribution in [3.05, 3.63) is 24.3 Å². The highest BCUT2D eigenvalue weighted by molar-refractivity contribution is 7.86. The normalized spacial score (nSPS) is 34.6. The molecule has 1 aromatic carbocycles. The van der Waals surface area contributed by atoms with E-state index >= 15 is 0 Å². The van der Waals surface area contributed by atoms with Gasteiger partial charge in [-0.25, -0.2) is 0 Å². The van der Waals surface area contributed by atoms with Gasteiger partial charge in [0.2, 0.25) is 5.91 Å². The molecule has 1 aromatic rings. The van der Waals surface area contributed by atoms with Crippen molar-refractivity contribution < 1.29 is 46.2 Å². The molecule has 0 bridgehead atoms. The third kappa shape index (κ3) is 4.49. The van der Waals surface area contributed by atoms with E-state index in [1.807, 2.05) is 0 Å². The average molecular weight is 474 g/mol. The van der Waals surface area contributed by atoms with E-state index in [0.29, 0.717) is 0 Å².